The maximum absolute atomic E-state index is 13.2. The lowest BCUT2D eigenvalue weighted by Gasteiger charge is -2.30. The van der Waals surface area contributed by atoms with E-state index in [4.69, 9.17) is 44.9 Å². The highest BCUT2D eigenvalue weighted by Crippen LogP contribution is 2.37. The van der Waals surface area contributed by atoms with E-state index in [1.54, 1.807) is 37.3 Å². The van der Waals surface area contributed by atoms with Gasteiger partial charge in [0.25, 0.3) is 11.8 Å². The minimum absolute atomic E-state index is 0.0187. The van der Waals surface area contributed by atoms with Crippen molar-refractivity contribution in [1.82, 2.24) is 5.32 Å². The number of thiocarbonyl (C=S) groups is 1. The maximum Gasteiger partial charge on any atom is 0.270 e. The fourth-order valence-corrected chi connectivity index (χ4v) is 3.71. The highest BCUT2D eigenvalue weighted by Gasteiger charge is 2.35. The van der Waals surface area contributed by atoms with E-state index < -0.39 is 11.8 Å². The molecule has 0 saturated carbocycles. The summed E-state index contributed by atoms with van der Waals surface area (Å²) in [7, 11) is 1.48. The highest BCUT2D eigenvalue weighted by atomic mass is 35.5. The van der Waals surface area contributed by atoms with E-state index in [9.17, 15) is 9.59 Å². The van der Waals surface area contributed by atoms with E-state index in [1.807, 2.05) is 6.92 Å². The first-order chi connectivity index (χ1) is 14.3. The molecule has 1 N–H and O–H groups in total. The molecule has 156 valence electrons. The number of rotatable bonds is 5. The van der Waals surface area contributed by atoms with Gasteiger partial charge in [0.2, 0.25) is 0 Å². The van der Waals surface area contributed by atoms with Crippen LogP contribution in [-0.2, 0) is 9.59 Å². The molecule has 0 radical (unpaired) electrons. The number of anilines is 1. The van der Waals surface area contributed by atoms with Crippen molar-refractivity contribution < 1.29 is 19.1 Å². The van der Waals surface area contributed by atoms with Gasteiger partial charge in [0, 0.05) is 5.02 Å². The van der Waals surface area contributed by atoms with Crippen LogP contribution < -0.4 is 19.7 Å². The molecule has 1 aliphatic heterocycles. The minimum Gasteiger partial charge on any atom is -0.493 e. The van der Waals surface area contributed by atoms with Gasteiger partial charge in [-0.15, -0.1) is 0 Å². The third-order valence-corrected chi connectivity index (χ3v) is 5.41. The number of nitrogens with zero attached hydrogens (tertiary/aromatic N) is 1. The van der Waals surface area contributed by atoms with Gasteiger partial charge >= 0.3 is 0 Å². The Hall–Kier alpha value is -2.61. The van der Waals surface area contributed by atoms with E-state index in [-0.39, 0.29) is 10.7 Å². The quantitative estimate of drug-likeness (QED) is 0.399. The van der Waals surface area contributed by atoms with Crippen LogP contribution in [0.4, 0.5) is 5.69 Å². The Bertz CT molecular complexity index is 1080. The third-order valence-electron chi connectivity index (χ3n) is 4.43. The van der Waals surface area contributed by atoms with Gasteiger partial charge in [-0.1, -0.05) is 29.3 Å². The average molecular weight is 465 g/mol. The number of hydrogen-bond donors (Lipinski definition) is 1. The number of ether oxygens (including phenoxy) is 2. The van der Waals surface area contributed by atoms with Crippen molar-refractivity contribution in [2.24, 2.45) is 0 Å². The van der Waals surface area contributed by atoms with Crippen LogP contribution in [0, 0.1) is 6.92 Å². The summed E-state index contributed by atoms with van der Waals surface area (Å²) < 4.78 is 10.8. The Kier molecular flexibility index (Phi) is 6.65. The predicted octanol–water partition coefficient (Wildman–Crippen LogP) is 4.54. The summed E-state index contributed by atoms with van der Waals surface area (Å²) in [4.78, 5) is 27.0. The molecule has 2 amide bonds. The molecule has 9 heteroatoms. The van der Waals surface area contributed by atoms with Gasteiger partial charge in [0.05, 0.1) is 24.4 Å². The van der Waals surface area contributed by atoms with Crippen LogP contribution in [0.25, 0.3) is 6.08 Å². The van der Waals surface area contributed by atoms with Crippen molar-refractivity contribution in [1.29, 1.82) is 0 Å². The first-order valence-electron chi connectivity index (χ1n) is 8.95. The standard InChI is InChI=1S/C21H18Cl2N2O4S/c1-4-29-18-15(23)9-12(10-17(18)28-3)8-13-19(26)24-21(30)25(20(13)27)16-7-5-6-14(22)11(16)2/h5-10H,4H2,1-3H3,(H,24,26,30)/b13-8+. The average Bonchev–Trinajstić information content (AvgIpc) is 2.70. The lowest BCUT2D eigenvalue weighted by Crippen LogP contribution is -2.54. The van der Waals surface area contributed by atoms with Crippen LogP contribution in [0.3, 0.4) is 0 Å². The molecule has 1 aliphatic rings. The number of carbonyl (C=O) groups excluding carboxylic acids is 2. The van der Waals surface area contributed by atoms with Gasteiger partial charge in [0.15, 0.2) is 16.6 Å². The molecule has 3 rings (SSSR count). The fourth-order valence-electron chi connectivity index (χ4n) is 2.99. The van der Waals surface area contributed by atoms with Crippen molar-refractivity contribution in [3.63, 3.8) is 0 Å². The Balaban J connectivity index is 2.07. The Labute approximate surface area is 189 Å². The first-order valence-corrected chi connectivity index (χ1v) is 10.1. The molecule has 0 aliphatic carbocycles. The highest BCUT2D eigenvalue weighted by molar-refractivity contribution is 7.80. The molecular weight excluding hydrogens is 447 g/mol. The van der Waals surface area contributed by atoms with Gasteiger partial charge in [-0.05, 0) is 67.5 Å². The molecule has 0 spiro atoms. The molecule has 1 fully saturated rings. The Morgan fingerprint density at radius 3 is 2.60 bits per heavy atom. The zero-order valence-corrected chi connectivity index (χ0v) is 18.7. The number of nitrogens with one attached hydrogen (secondary N) is 1. The zero-order valence-electron chi connectivity index (χ0n) is 16.4. The first kappa shape index (κ1) is 22.1. The van der Waals surface area contributed by atoms with Crippen molar-refractivity contribution in [3.8, 4) is 11.5 Å². The molecule has 6 nitrogen and oxygen atoms in total. The summed E-state index contributed by atoms with van der Waals surface area (Å²) in [6, 6.07) is 8.34. The molecule has 2 aromatic carbocycles. The van der Waals surface area contributed by atoms with Crippen molar-refractivity contribution in [2.45, 2.75) is 13.8 Å². The Morgan fingerprint density at radius 2 is 1.93 bits per heavy atom. The molecule has 1 heterocycles. The topological polar surface area (TPSA) is 67.9 Å². The summed E-state index contributed by atoms with van der Waals surface area (Å²) in [6.07, 6.45) is 1.43. The lowest BCUT2D eigenvalue weighted by atomic mass is 10.1. The van der Waals surface area contributed by atoms with Crippen molar-refractivity contribution in [3.05, 3.63) is 57.1 Å². The number of amides is 2. The number of benzene rings is 2. The molecule has 0 atom stereocenters. The van der Waals surface area contributed by atoms with Gasteiger partial charge < -0.3 is 9.47 Å². The van der Waals surface area contributed by atoms with Gasteiger partial charge in [-0.2, -0.15) is 0 Å². The van der Waals surface area contributed by atoms with Crippen LogP contribution in [-0.4, -0.2) is 30.6 Å². The SMILES string of the molecule is CCOc1c(Cl)cc(/C=C2\C(=O)NC(=S)N(c3cccc(Cl)c3C)C2=O)cc1OC. The summed E-state index contributed by atoms with van der Waals surface area (Å²) in [6.45, 7) is 4.00. The number of halogens is 2. The molecular formula is C21H18Cl2N2O4S. The van der Waals surface area contributed by atoms with E-state index in [2.05, 4.69) is 5.32 Å². The van der Waals surface area contributed by atoms with Gasteiger partial charge in [0.1, 0.15) is 5.57 Å². The number of carbonyl (C=O) groups is 2. The molecule has 0 unspecified atom stereocenters. The number of methoxy groups -OCH3 is 1. The number of hydrogen-bond acceptors (Lipinski definition) is 5. The van der Waals surface area contributed by atoms with E-state index >= 15 is 0 Å². The van der Waals surface area contributed by atoms with Crippen molar-refractivity contribution >= 4 is 64.1 Å². The Morgan fingerprint density at radius 1 is 1.20 bits per heavy atom. The lowest BCUT2D eigenvalue weighted by molar-refractivity contribution is -0.122. The van der Waals surface area contributed by atoms with Crippen molar-refractivity contribution in [2.75, 3.05) is 18.6 Å². The van der Waals surface area contributed by atoms with Gasteiger partial charge in [-0.25, -0.2) is 0 Å². The maximum atomic E-state index is 13.2. The summed E-state index contributed by atoms with van der Waals surface area (Å²) >= 11 is 17.7. The molecule has 30 heavy (non-hydrogen) atoms. The van der Waals surface area contributed by atoms with Gasteiger partial charge in [-0.3, -0.25) is 19.8 Å². The second-order valence-corrected chi connectivity index (χ2v) is 7.51. The van der Waals surface area contributed by atoms with E-state index in [1.165, 1.54) is 18.1 Å². The zero-order chi connectivity index (χ0) is 22.0. The van der Waals surface area contributed by atoms with Crippen LogP contribution >= 0.6 is 35.4 Å². The largest absolute Gasteiger partial charge is 0.493 e. The second kappa shape index (κ2) is 9.04. The summed E-state index contributed by atoms with van der Waals surface area (Å²) in [5.74, 6) is -0.401. The molecule has 1 saturated heterocycles. The van der Waals surface area contributed by atoms with E-state index in [0.29, 0.717) is 45.0 Å². The predicted molar refractivity (Wildman–Crippen MR) is 122 cm³/mol. The monoisotopic (exact) mass is 464 g/mol. The van der Waals surface area contributed by atoms with Crippen LogP contribution in [0.5, 0.6) is 11.5 Å². The van der Waals surface area contributed by atoms with E-state index in [0.717, 1.165) is 0 Å². The van der Waals surface area contributed by atoms with Crippen LogP contribution in [0.15, 0.2) is 35.9 Å². The minimum atomic E-state index is -0.607. The molecule has 0 bridgehead atoms. The smallest absolute Gasteiger partial charge is 0.270 e. The summed E-state index contributed by atoms with van der Waals surface area (Å²) in [5, 5.41) is 3.31. The summed E-state index contributed by atoms with van der Waals surface area (Å²) in [5.41, 5.74) is 1.54. The van der Waals surface area contributed by atoms with Crippen LogP contribution in [0.1, 0.15) is 18.1 Å². The molecule has 2 aromatic rings. The third kappa shape index (κ3) is 4.14. The normalized spacial score (nSPS) is 15.4. The van der Waals surface area contributed by atoms with Crippen LogP contribution in [0.2, 0.25) is 10.0 Å². The second-order valence-electron chi connectivity index (χ2n) is 6.31. The molecule has 0 aromatic heterocycles. The fraction of sp³-hybridized carbons (Fsp3) is 0.190.